The van der Waals surface area contributed by atoms with Gasteiger partial charge in [-0.1, -0.05) is 154 Å². The van der Waals surface area contributed by atoms with Crippen LogP contribution in [0.5, 0.6) is 46.0 Å². The van der Waals surface area contributed by atoms with Gasteiger partial charge in [-0.3, -0.25) is 38.6 Å². The average molecular weight is 1750 g/mol. The van der Waals surface area contributed by atoms with E-state index in [1.165, 1.54) is 0 Å². The summed E-state index contributed by atoms with van der Waals surface area (Å²) in [5.74, 6) is -6.22. The van der Waals surface area contributed by atoms with Gasteiger partial charge in [0.1, 0.15) is 84.5 Å². The van der Waals surface area contributed by atoms with Gasteiger partial charge in [0.2, 0.25) is 11.8 Å². The highest BCUT2D eigenvalue weighted by Crippen LogP contribution is 2.59. The Kier molecular flexibility index (Phi) is 31.8. The van der Waals surface area contributed by atoms with Crippen LogP contribution in [0.3, 0.4) is 0 Å². The standard InChI is InChI=1S/C102H112N4O22/c1-11-63(7)95(101(115)103(9)69-23-19-17-20-24-69)105-97(111)75-59-79(125-71-35-27-65(28-36-71)43-47-117-51-55-121-83(107)13-3)89-91-81(127-73-39-31-67(32-40-73)45-49-119-53-57-123-85(109)15-5)61-77-88-78(100(114)106(99(77)113)96(64(8)12-2)102(116)104(10)70-25-21-18-22-26-70)62-82(128-74-41-33-68(34-42-74)46-50-120-54-58-124-86(110)16-6)92(94(88)91)90-80(60-76(98(105)112)87(75)93(89)90)126-72-37-29-66(30-38-72)44-48-118-52-56-122-84(108)14-4/h13-16,27-42,59-64,69-70,95-96H,3-6,11-12,17-26,43-58H2,1-2,7-10H3. The van der Waals surface area contributed by atoms with Gasteiger partial charge in [-0.05, 0) is 158 Å². The Bertz CT molecular complexity index is 4970. The Morgan fingerprint density at radius 3 is 0.797 bits per heavy atom. The van der Waals surface area contributed by atoms with Crippen molar-refractivity contribution in [2.45, 2.75) is 155 Å². The minimum absolute atomic E-state index is 0.0193. The summed E-state index contributed by atoms with van der Waals surface area (Å²) in [7, 11) is 3.50. The summed E-state index contributed by atoms with van der Waals surface area (Å²) in [5.41, 5.74) is 3.27. The Balaban J connectivity index is 1.10. The van der Waals surface area contributed by atoms with Gasteiger partial charge >= 0.3 is 23.9 Å². The topological polar surface area (TPSA) is 294 Å². The number of imide groups is 2. The van der Waals surface area contributed by atoms with Gasteiger partial charge in [-0.25, -0.2) is 19.2 Å². The SMILES string of the molecule is C=CC(=O)OCCOCCc1ccc(Oc2cc3c4c(cc(Oc5ccc(CCOCCOC(=O)C=C)cc5)c5c6c(Oc7ccc(CCOCCOC(=O)C=C)cc7)cc7c8c(cc(Oc9ccc(CCOCCOC(=O)C=C)cc9)c(c2c45)c86)C(=O)N(C(C(=O)N(C)C2CCCCC2)C(C)CC)C7=O)C(=O)N(C(C(=O)N(C)C2CCCCC2)C(C)CC)C3=O)cc1. The fourth-order valence-corrected chi connectivity index (χ4v) is 17.4. The van der Waals surface area contributed by atoms with E-state index in [9.17, 15) is 19.2 Å². The molecular weight excluding hydrogens is 1630 g/mol. The number of carbonyl (C=O) groups is 10. The molecule has 9 aromatic carbocycles. The van der Waals surface area contributed by atoms with Crippen molar-refractivity contribution in [1.82, 2.24) is 19.6 Å². The second-order valence-electron chi connectivity index (χ2n) is 32.7. The number of fused-ring (bicyclic) bond motifs is 2. The minimum Gasteiger partial charge on any atom is -0.460 e. The highest BCUT2D eigenvalue weighted by molar-refractivity contribution is 6.45. The molecule has 672 valence electrons. The van der Waals surface area contributed by atoms with Crippen molar-refractivity contribution in [2.24, 2.45) is 11.8 Å². The average Bonchev–Trinajstić information content (AvgIpc) is 0.668. The smallest absolute Gasteiger partial charge is 0.330 e. The number of esters is 4. The van der Waals surface area contributed by atoms with Gasteiger partial charge in [-0.15, -0.1) is 0 Å². The first-order chi connectivity index (χ1) is 62.1. The van der Waals surface area contributed by atoms with E-state index in [0.717, 1.165) is 121 Å². The minimum atomic E-state index is -1.32. The second kappa shape index (κ2) is 43.7. The van der Waals surface area contributed by atoms with Gasteiger partial charge in [0.05, 0.1) is 75.1 Å². The first-order valence-corrected chi connectivity index (χ1v) is 44.3. The number of likely N-dealkylation sites (N-methyl/N-ethyl adjacent to an activating group) is 2. The Morgan fingerprint density at radius 2 is 0.578 bits per heavy atom. The van der Waals surface area contributed by atoms with E-state index in [1.807, 2.05) is 76.2 Å². The van der Waals surface area contributed by atoms with Crippen molar-refractivity contribution in [1.29, 1.82) is 0 Å². The van der Waals surface area contributed by atoms with Crippen molar-refractivity contribution in [3.63, 3.8) is 0 Å². The fraction of sp³-hybridized carbons (Fsp3) is 0.392. The third-order valence-corrected chi connectivity index (χ3v) is 24.6. The van der Waals surface area contributed by atoms with E-state index < -0.39 is 83.2 Å². The van der Waals surface area contributed by atoms with Crippen LogP contribution in [0.1, 0.15) is 168 Å². The van der Waals surface area contributed by atoms with E-state index in [0.29, 0.717) is 38.5 Å². The number of benzene rings is 9. The van der Waals surface area contributed by atoms with Crippen LogP contribution in [0, 0.1) is 11.8 Å². The molecule has 128 heavy (non-hydrogen) atoms. The molecule has 4 aliphatic rings. The van der Waals surface area contributed by atoms with Crippen LogP contribution in [0.15, 0.2) is 172 Å². The van der Waals surface area contributed by atoms with E-state index in [-0.39, 0.29) is 203 Å². The lowest BCUT2D eigenvalue weighted by molar-refractivity contribution is -0.140. The lowest BCUT2D eigenvalue weighted by Gasteiger charge is -2.41. The van der Waals surface area contributed by atoms with Crippen LogP contribution >= 0.6 is 0 Å². The molecule has 9 aromatic rings. The Hall–Kier alpha value is -12.6. The van der Waals surface area contributed by atoms with E-state index in [2.05, 4.69) is 26.3 Å². The van der Waals surface area contributed by atoms with Gasteiger partial charge in [-0.2, -0.15) is 0 Å². The summed E-state index contributed by atoms with van der Waals surface area (Å²) in [4.78, 5) is 152. The summed E-state index contributed by atoms with van der Waals surface area (Å²) >= 11 is 0. The zero-order valence-corrected chi connectivity index (χ0v) is 73.7. The zero-order valence-electron chi connectivity index (χ0n) is 73.7. The molecule has 0 bridgehead atoms. The molecule has 2 aliphatic carbocycles. The van der Waals surface area contributed by atoms with E-state index in [4.69, 9.17) is 56.8 Å². The number of nitrogens with zero attached hydrogens (tertiary/aromatic N) is 4. The second-order valence-corrected chi connectivity index (χ2v) is 32.7. The van der Waals surface area contributed by atoms with Gasteiger partial charge < -0.3 is 66.6 Å². The lowest BCUT2D eigenvalue weighted by Crippen LogP contribution is -2.58. The lowest BCUT2D eigenvalue weighted by atomic mass is 9.79. The molecule has 2 heterocycles. The quantitative estimate of drug-likeness (QED) is 0.00651. The molecule has 2 saturated carbocycles. The van der Waals surface area contributed by atoms with Crippen molar-refractivity contribution < 1.29 is 105 Å². The Labute approximate surface area is 745 Å². The third kappa shape index (κ3) is 21.3. The Morgan fingerprint density at radius 1 is 0.344 bits per heavy atom. The van der Waals surface area contributed by atoms with Gasteiger partial charge in [0.15, 0.2) is 0 Å². The number of hydrogen-bond acceptors (Lipinski definition) is 22. The number of ether oxygens (including phenoxy) is 12. The first-order valence-electron chi connectivity index (χ1n) is 44.3. The van der Waals surface area contributed by atoms with Gasteiger partial charge in [0.25, 0.3) is 23.6 Å². The zero-order chi connectivity index (χ0) is 90.7. The maximum absolute atomic E-state index is 16.9. The molecular formula is C102H112N4O22. The number of carbonyl (C=O) groups excluding carboxylic acids is 10. The molecule has 13 rings (SSSR count). The number of amides is 6. The summed E-state index contributed by atoms with van der Waals surface area (Å²) in [6.07, 6.45) is 15.4. The van der Waals surface area contributed by atoms with Crippen molar-refractivity contribution >= 4 is 102 Å². The fourth-order valence-electron chi connectivity index (χ4n) is 17.4. The molecule has 0 radical (unpaired) electrons. The van der Waals surface area contributed by atoms with Crippen LogP contribution < -0.4 is 18.9 Å². The normalized spacial score (nSPS) is 15.0. The van der Waals surface area contributed by atoms with Crippen molar-refractivity contribution in [3.05, 3.63) is 216 Å². The highest BCUT2D eigenvalue weighted by atomic mass is 16.6. The van der Waals surface area contributed by atoms with E-state index in [1.54, 1.807) is 96.7 Å². The summed E-state index contributed by atoms with van der Waals surface area (Å²) in [6, 6.07) is 32.4. The van der Waals surface area contributed by atoms with E-state index >= 15 is 28.8 Å². The van der Waals surface area contributed by atoms with Crippen LogP contribution in [0.25, 0.3) is 43.1 Å². The molecule has 2 fully saturated rings. The number of hydrogen-bond donors (Lipinski definition) is 0. The number of rotatable bonds is 46. The molecule has 2 aliphatic heterocycles. The maximum atomic E-state index is 16.9. The molecule has 0 spiro atoms. The molecule has 4 atom stereocenters. The maximum Gasteiger partial charge on any atom is 0.330 e. The molecule has 26 nitrogen and oxygen atoms in total. The van der Waals surface area contributed by atoms with Crippen LogP contribution in [-0.4, -0.2) is 196 Å². The van der Waals surface area contributed by atoms with Crippen LogP contribution in [0.2, 0.25) is 0 Å². The monoisotopic (exact) mass is 1740 g/mol. The predicted octanol–water partition coefficient (Wildman–Crippen LogP) is 17.7. The van der Waals surface area contributed by atoms with Gasteiger partial charge in [0, 0.05) is 93.6 Å². The largest absolute Gasteiger partial charge is 0.460 e. The molecule has 0 N–H and O–H groups in total. The molecule has 6 amide bonds. The molecule has 26 heteroatoms. The van der Waals surface area contributed by atoms with Crippen molar-refractivity contribution in [3.8, 4) is 46.0 Å². The predicted molar refractivity (Wildman–Crippen MR) is 483 cm³/mol. The summed E-state index contributed by atoms with van der Waals surface area (Å²) < 4.78 is 73.7. The first kappa shape index (κ1) is 93.0. The highest BCUT2D eigenvalue weighted by Gasteiger charge is 2.49. The molecule has 4 unspecified atom stereocenters. The van der Waals surface area contributed by atoms with Crippen LogP contribution in [0.4, 0.5) is 0 Å². The van der Waals surface area contributed by atoms with Crippen LogP contribution in [-0.2, 0) is 92.3 Å². The summed E-state index contributed by atoms with van der Waals surface area (Å²) in [6.45, 7) is 23.1. The third-order valence-electron chi connectivity index (χ3n) is 24.6. The molecule has 0 aromatic heterocycles. The van der Waals surface area contributed by atoms with Crippen molar-refractivity contribution in [2.75, 3.05) is 93.4 Å². The summed E-state index contributed by atoms with van der Waals surface area (Å²) in [5, 5.41) is 1.59. The molecule has 0 saturated heterocycles.